The van der Waals surface area contributed by atoms with Crippen molar-refractivity contribution in [3.63, 3.8) is 0 Å². The summed E-state index contributed by atoms with van der Waals surface area (Å²) in [5.74, 6) is 0.0459. The molecule has 1 amide bonds. The van der Waals surface area contributed by atoms with E-state index in [1.54, 1.807) is 6.20 Å². The molecule has 2 rings (SSSR count). The van der Waals surface area contributed by atoms with E-state index in [1.165, 1.54) is 18.4 Å². The van der Waals surface area contributed by atoms with Crippen LogP contribution < -0.4 is 10.6 Å². The maximum absolute atomic E-state index is 11.5. The molecule has 0 aliphatic heterocycles. The number of aryl methyl sites for hydroxylation is 1. The zero-order valence-corrected chi connectivity index (χ0v) is 10.2. The maximum atomic E-state index is 11.5. The molecule has 1 saturated carbocycles. The SMILES string of the molecule is CCc1cccnc1CNC(=O)CNC1CC1. The predicted octanol–water partition coefficient (Wildman–Crippen LogP) is 1.01. The fourth-order valence-electron chi connectivity index (χ4n) is 1.72. The first kappa shape index (κ1) is 12.0. The summed E-state index contributed by atoms with van der Waals surface area (Å²) in [7, 11) is 0. The van der Waals surface area contributed by atoms with Crippen LogP contribution in [-0.4, -0.2) is 23.5 Å². The molecule has 4 nitrogen and oxygen atoms in total. The lowest BCUT2D eigenvalue weighted by atomic mass is 10.1. The van der Waals surface area contributed by atoms with Gasteiger partial charge in [0.2, 0.25) is 5.91 Å². The number of rotatable bonds is 6. The van der Waals surface area contributed by atoms with Gasteiger partial charge in [0.15, 0.2) is 0 Å². The Hall–Kier alpha value is -1.42. The summed E-state index contributed by atoms with van der Waals surface area (Å²) >= 11 is 0. The third kappa shape index (κ3) is 3.82. The number of aromatic nitrogens is 1. The quantitative estimate of drug-likeness (QED) is 0.771. The van der Waals surface area contributed by atoms with Gasteiger partial charge in [-0.2, -0.15) is 0 Å². The third-order valence-corrected chi connectivity index (χ3v) is 2.95. The molecule has 4 heteroatoms. The van der Waals surface area contributed by atoms with E-state index in [0.29, 0.717) is 19.1 Å². The second kappa shape index (κ2) is 5.77. The molecular weight excluding hydrogens is 214 g/mol. The number of amides is 1. The summed E-state index contributed by atoms with van der Waals surface area (Å²) in [4.78, 5) is 15.8. The molecular formula is C13H19N3O. The first-order valence-corrected chi connectivity index (χ1v) is 6.22. The Morgan fingerprint density at radius 1 is 1.53 bits per heavy atom. The molecule has 0 saturated heterocycles. The number of carbonyl (C=O) groups is 1. The number of pyridine rings is 1. The van der Waals surface area contributed by atoms with E-state index < -0.39 is 0 Å². The van der Waals surface area contributed by atoms with Crippen molar-refractivity contribution in [2.24, 2.45) is 0 Å². The Morgan fingerprint density at radius 2 is 2.35 bits per heavy atom. The monoisotopic (exact) mass is 233 g/mol. The fraction of sp³-hybridized carbons (Fsp3) is 0.538. The van der Waals surface area contributed by atoms with Crippen LogP contribution in [0.4, 0.5) is 0 Å². The Morgan fingerprint density at radius 3 is 3.06 bits per heavy atom. The Balaban J connectivity index is 1.77. The van der Waals surface area contributed by atoms with Gasteiger partial charge in [0.25, 0.3) is 0 Å². The number of hydrogen-bond donors (Lipinski definition) is 2. The first-order valence-electron chi connectivity index (χ1n) is 6.22. The van der Waals surface area contributed by atoms with Crippen LogP contribution in [0.2, 0.25) is 0 Å². The molecule has 1 aromatic rings. The first-order chi connectivity index (χ1) is 8.29. The second-order valence-corrected chi connectivity index (χ2v) is 4.39. The third-order valence-electron chi connectivity index (χ3n) is 2.95. The number of nitrogens with zero attached hydrogens (tertiary/aromatic N) is 1. The molecule has 0 radical (unpaired) electrons. The summed E-state index contributed by atoms with van der Waals surface area (Å²) in [6.07, 6.45) is 5.11. The van der Waals surface area contributed by atoms with Gasteiger partial charge >= 0.3 is 0 Å². The van der Waals surface area contributed by atoms with Crippen molar-refractivity contribution in [3.05, 3.63) is 29.6 Å². The highest BCUT2D eigenvalue weighted by Gasteiger charge is 2.20. The molecule has 1 fully saturated rings. The smallest absolute Gasteiger partial charge is 0.234 e. The minimum Gasteiger partial charge on any atom is -0.349 e. The number of hydrogen-bond acceptors (Lipinski definition) is 3. The van der Waals surface area contributed by atoms with E-state index in [-0.39, 0.29) is 5.91 Å². The lowest BCUT2D eigenvalue weighted by Gasteiger charge is -2.08. The van der Waals surface area contributed by atoms with Crippen molar-refractivity contribution in [1.29, 1.82) is 0 Å². The van der Waals surface area contributed by atoms with Gasteiger partial charge in [0, 0.05) is 12.2 Å². The van der Waals surface area contributed by atoms with Crippen molar-refractivity contribution < 1.29 is 4.79 Å². The number of nitrogens with one attached hydrogen (secondary N) is 2. The average Bonchev–Trinajstić information content (AvgIpc) is 3.18. The molecule has 0 bridgehead atoms. The van der Waals surface area contributed by atoms with Crippen LogP contribution in [-0.2, 0) is 17.8 Å². The van der Waals surface area contributed by atoms with Crippen LogP contribution >= 0.6 is 0 Å². The lowest BCUT2D eigenvalue weighted by molar-refractivity contribution is -0.120. The van der Waals surface area contributed by atoms with E-state index in [1.807, 2.05) is 6.07 Å². The van der Waals surface area contributed by atoms with Crippen LogP contribution in [0.25, 0.3) is 0 Å². The highest BCUT2D eigenvalue weighted by atomic mass is 16.1. The van der Waals surface area contributed by atoms with Crippen molar-refractivity contribution in [1.82, 2.24) is 15.6 Å². The summed E-state index contributed by atoms with van der Waals surface area (Å²) in [6, 6.07) is 4.55. The summed E-state index contributed by atoms with van der Waals surface area (Å²) in [5, 5.41) is 6.08. The van der Waals surface area contributed by atoms with Crippen LogP contribution in [0, 0.1) is 0 Å². The van der Waals surface area contributed by atoms with Gasteiger partial charge < -0.3 is 10.6 Å². The molecule has 1 aliphatic rings. The minimum atomic E-state index is 0.0459. The fourth-order valence-corrected chi connectivity index (χ4v) is 1.72. The molecule has 0 aromatic carbocycles. The Bertz CT molecular complexity index is 388. The van der Waals surface area contributed by atoms with Gasteiger partial charge in [-0.1, -0.05) is 13.0 Å². The highest BCUT2D eigenvalue weighted by molar-refractivity contribution is 5.78. The van der Waals surface area contributed by atoms with Crippen LogP contribution in [0.1, 0.15) is 31.0 Å². The Kier molecular flexibility index (Phi) is 4.09. The lowest BCUT2D eigenvalue weighted by Crippen LogP contribution is -2.34. The van der Waals surface area contributed by atoms with Crippen molar-refractivity contribution in [2.75, 3.05) is 6.54 Å². The number of carbonyl (C=O) groups excluding carboxylic acids is 1. The van der Waals surface area contributed by atoms with Gasteiger partial charge in [-0.05, 0) is 30.9 Å². The zero-order valence-electron chi connectivity index (χ0n) is 10.2. The average molecular weight is 233 g/mol. The molecule has 1 aromatic heterocycles. The van der Waals surface area contributed by atoms with Gasteiger partial charge in [0.1, 0.15) is 0 Å². The van der Waals surface area contributed by atoms with Gasteiger partial charge in [-0.15, -0.1) is 0 Å². The van der Waals surface area contributed by atoms with E-state index in [0.717, 1.165) is 12.1 Å². The van der Waals surface area contributed by atoms with Crippen molar-refractivity contribution in [3.8, 4) is 0 Å². The topological polar surface area (TPSA) is 54.0 Å². The normalized spacial score (nSPS) is 14.6. The highest BCUT2D eigenvalue weighted by Crippen LogP contribution is 2.17. The zero-order chi connectivity index (χ0) is 12.1. The molecule has 0 atom stereocenters. The standard InChI is InChI=1S/C13H19N3O/c1-2-10-4-3-7-14-12(10)8-16-13(17)9-15-11-5-6-11/h3-4,7,11,15H,2,5-6,8-9H2,1H3,(H,16,17). The molecule has 0 unspecified atom stereocenters. The van der Waals surface area contributed by atoms with E-state index >= 15 is 0 Å². The second-order valence-electron chi connectivity index (χ2n) is 4.39. The van der Waals surface area contributed by atoms with Gasteiger partial charge in [0.05, 0.1) is 18.8 Å². The minimum absolute atomic E-state index is 0.0459. The van der Waals surface area contributed by atoms with E-state index in [9.17, 15) is 4.79 Å². The Labute approximate surface area is 102 Å². The van der Waals surface area contributed by atoms with Gasteiger partial charge in [-0.3, -0.25) is 9.78 Å². The maximum Gasteiger partial charge on any atom is 0.234 e. The molecule has 92 valence electrons. The molecule has 2 N–H and O–H groups in total. The summed E-state index contributed by atoms with van der Waals surface area (Å²) in [6.45, 7) is 3.03. The summed E-state index contributed by atoms with van der Waals surface area (Å²) < 4.78 is 0. The molecule has 1 aliphatic carbocycles. The molecule has 17 heavy (non-hydrogen) atoms. The molecule has 1 heterocycles. The van der Waals surface area contributed by atoms with Gasteiger partial charge in [-0.25, -0.2) is 0 Å². The van der Waals surface area contributed by atoms with Crippen molar-refractivity contribution >= 4 is 5.91 Å². The van der Waals surface area contributed by atoms with Crippen LogP contribution in [0.5, 0.6) is 0 Å². The van der Waals surface area contributed by atoms with E-state index in [2.05, 4.69) is 28.6 Å². The van der Waals surface area contributed by atoms with Crippen LogP contribution in [0.3, 0.4) is 0 Å². The summed E-state index contributed by atoms with van der Waals surface area (Å²) in [5.41, 5.74) is 2.16. The van der Waals surface area contributed by atoms with Crippen LogP contribution in [0.15, 0.2) is 18.3 Å². The largest absolute Gasteiger partial charge is 0.349 e. The van der Waals surface area contributed by atoms with Crippen molar-refractivity contribution in [2.45, 2.75) is 38.8 Å². The predicted molar refractivity (Wildman–Crippen MR) is 66.5 cm³/mol. The molecule has 0 spiro atoms. The van der Waals surface area contributed by atoms with E-state index in [4.69, 9.17) is 0 Å².